The van der Waals surface area contributed by atoms with E-state index in [4.69, 9.17) is 4.98 Å². The molecule has 2 heteroatoms. The molecule has 0 radical (unpaired) electrons. The lowest BCUT2D eigenvalue weighted by Crippen LogP contribution is -2.02. The van der Waals surface area contributed by atoms with Crippen LogP contribution in [0.4, 0.5) is 0 Å². The first-order valence-corrected chi connectivity index (χ1v) is 10.9. The second kappa shape index (κ2) is 10.0. The second-order valence-electron chi connectivity index (χ2n) is 5.34. The van der Waals surface area contributed by atoms with Crippen LogP contribution in [0.2, 0.25) is 0 Å². The molecule has 0 saturated heterocycles. The maximum Gasteiger partial charge on any atom is 0.0792 e. The fourth-order valence-electron chi connectivity index (χ4n) is 3.05. The standard InChI is InChI=1S/C20H16NP.2C2H6/c1-22-18-11-10-14-6-2-4-8-16(14)19(18)20-17-9-5-3-7-15(17)12-13-21-20;2*1-2/h2-13,22H,1H3;2*1-2H3. The maximum absolute atomic E-state index is 4.74. The minimum atomic E-state index is 0.749. The highest BCUT2D eigenvalue weighted by Crippen LogP contribution is 2.33. The van der Waals surface area contributed by atoms with Crippen molar-refractivity contribution in [3.8, 4) is 11.3 Å². The lowest BCUT2D eigenvalue weighted by molar-refractivity contribution is 1.37. The van der Waals surface area contributed by atoms with Gasteiger partial charge in [0, 0.05) is 17.1 Å². The highest BCUT2D eigenvalue weighted by molar-refractivity contribution is 7.46. The van der Waals surface area contributed by atoms with Crippen molar-refractivity contribution in [2.75, 3.05) is 6.66 Å². The fourth-order valence-corrected chi connectivity index (χ4v) is 3.81. The van der Waals surface area contributed by atoms with Gasteiger partial charge in [-0.25, -0.2) is 0 Å². The molecule has 0 fully saturated rings. The zero-order valence-corrected chi connectivity index (χ0v) is 17.4. The largest absolute Gasteiger partial charge is 0.256 e. The first-order valence-electron chi connectivity index (χ1n) is 9.42. The van der Waals surface area contributed by atoms with Crippen LogP contribution in [0.15, 0.2) is 72.9 Å². The van der Waals surface area contributed by atoms with Gasteiger partial charge in [0.1, 0.15) is 0 Å². The zero-order valence-electron chi connectivity index (χ0n) is 16.4. The molecule has 0 amide bonds. The van der Waals surface area contributed by atoms with Crippen LogP contribution in [0, 0.1) is 0 Å². The van der Waals surface area contributed by atoms with Crippen LogP contribution < -0.4 is 5.30 Å². The molecular formula is C24H28NP. The quantitative estimate of drug-likeness (QED) is 0.349. The molecule has 1 nitrogen and oxygen atoms in total. The van der Waals surface area contributed by atoms with Gasteiger partial charge in [0.25, 0.3) is 0 Å². The van der Waals surface area contributed by atoms with Gasteiger partial charge in [-0.2, -0.15) is 0 Å². The molecule has 0 N–H and O–H groups in total. The lowest BCUT2D eigenvalue weighted by atomic mass is 9.98. The lowest BCUT2D eigenvalue weighted by Gasteiger charge is -2.13. The number of hydrogen-bond acceptors (Lipinski definition) is 1. The molecule has 134 valence electrons. The Labute approximate surface area is 159 Å². The van der Waals surface area contributed by atoms with Gasteiger partial charge in [-0.3, -0.25) is 4.98 Å². The Kier molecular flexibility index (Phi) is 7.75. The second-order valence-corrected chi connectivity index (χ2v) is 6.38. The predicted molar refractivity (Wildman–Crippen MR) is 121 cm³/mol. The summed E-state index contributed by atoms with van der Waals surface area (Å²) in [4.78, 5) is 4.74. The van der Waals surface area contributed by atoms with Crippen LogP contribution in [-0.2, 0) is 0 Å². The van der Waals surface area contributed by atoms with Gasteiger partial charge >= 0.3 is 0 Å². The molecule has 1 atom stereocenters. The Morgan fingerprint density at radius 2 is 1.23 bits per heavy atom. The molecule has 26 heavy (non-hydrogen) atoms. The molecule has 1 aromatic heterocycles. The summed E-state index contributed by atoms with van der Waals surface area (Å²) in [5.41, 5.74) is 2.38. The number of benzene rings is 3. The Morgan fingerprint density at radius 1 is 0.654 bits per heavy atom. The van der Waals surface area contributed by atoms with E-state index in [-0.39, 0.29) is 0 Å². The number of fused-ring (bicyclic) bond motifs is 2. The molecular weight excluding hydrogens is 333 g/mol. The molecule has 4 rings (SSSR count). The molecule has 0 aliphatic carbocycles. The van der Waals surface area contributed by atoms with Gasteiger partial charge in [0.05, 0.1) is 5.69 Å². The molecule has 4 aromatic rings. The summed E-state index contributed by atoms with van der Waals surface area (Å²) < 4.78 is 0. The van der Waals surface area contributed by atoms with Crippen molar-refractivity contribution >= 4 is 35.4 Å². The monoisotopic (exact) mass is 361 g/mol. The van der Waals surface area contributed by atoms with E-state index in [0.717, 1.165) is 14.3 Å². The van der Waals surface area contributed by atoms with Crippen LogP contribution in [0.3, 0.4) is 0 Å². The van der Waals surface area contributed by atoms with E-state index in [2.05, 4.69) is 73.4 Å². The van der Waals surface area contributed by atoms with Crippen molar-refractivity contribution in [3.05, 3.63) is 72.9 Å². The van der Waals surface area contributed by atoms with Crippen LogP contribution in [0.25, 0.3) is 32.8 Å². The highest BCUT2D eigenvalue weighted by atomic mass is 31.1. The van der Waals surface area contributed by atoms with Crippen molar-refractivity contribution in [1.29, 1.82) is 0 Å². The number of hydrogen-bond donors (Lipinski definition) is 0. The SMILES string of the molecule is CC.CC.CPc1ccc2ccccc2c1-c1nccc2ccccc12. The Morgan fingerprint density at radius 3 is 1.88 bits per heavy atom. The normalized spacial score (nSPS) is 10.3. The van der Waals surface area contributed by atoms with Gasteiger partial charge < -0.3 is 0 Å². The number of rotatable bonds is 2. The summed E-state index contributed by atoms with van der Waals surface area (Å²) in [6.07, 6.45) is 1.92. The fraction of sp³-hybridized carbons (Fsp3) is 0.208. The van der Waals surface area contributed by atoms with Crippen molar-refractivity contribution in [2.24, 2.45) is 0 Å². The van der Waals surface area contributed by atoms with Gasteiger partial charge in [0.15, 0.2) is 0 Å². The topological polar surface area (TPSA) is 12.9 Å². The van der Waals surface area contributed by atoms with E-state index in [1.807, 2.05) is 33.9 Å². The summed E-state index contributed by atoms with van der Waals surface area (Å²) in [7, 11) is 0.749. The van der Waals surface area contributed by atoms with Crippen LogP contribution in [-0.4, -0.2) is 11.6 Å². The van der Waals surface area contributed by atoms with Crippen molar-refractivity contribution in [2.45, 2.75) is 27.7 Å². The Hall–Kier alpha value is -2.24. The summed E-state index contributed by atoms with van der Waals surface area (Å²) in [6.45, 7) is 10.2. The third kappa shape index (κ3) is 3.94. The average Bonchev–Trinajstić information content (AvgIpc) is 2.75. The van der Waals surface area contributed by atoms with Crippen LogP contribution in [0.5, 0.6) is 0 Å². The van der Waals surface area contributed by atoms with E-state index in [1.54, 1.807) is 0 Å². The first kappa shape index (κ1) is 20.1. The van der Waals surface area contributed by atoms with E-state index in [1.165, 1.54) is 32.4 Å². The molecule has 0 aliphatic heterocycles. The zero-order chi connectivity index (χ0) is 18.9. The Bertz CT molecular complexity index is 971. The Balaban J connectivity index is 0.000000570. The molecule has 3 aromatic carbocycles. The molecule has 0 bridgehead atoms. The summed E-state index contributed by atoms with van der Waals surface area (Å²) >= 11 is 0. The minimum Gasteiger partial charge on any atom is -0.256 e. The van der Waals surface area contributed by atoms with E-state index in [0.29, 0.717) is 0 Å². The molecule has 0 saturated carbocycles. The minimum absolute atomic E-state index is 0.749. The van der Waals surface area contributed by atoms with Crippen LogP contribution >= 0.6 is 8.58 Å². The van der Waals surface area contributed by atoms with E-state index < -0.39 is 0 Å². The number of aromatic nitrogens is 1. The van der Waals surface area contributed by atoms with Crippen molar-refractivity contribution in [3.63, 3.8) is 0 Å². The summed E-state index contributed by atoms with van der Waals surface area (Å²) in [5, 5.41) is 6.40. The third-order valence-electron chi connectivity index (χ3n) is 4.11. The number of nitrogens with zero attached hydrogens (tertiary/aromatic N) is 1. The number of pyridine rings is 1. The van der Waals surface area contributed by atoms with Crippen molar-refractivity contribution in [1.82, 2.24) is 4.98 Å². The summed E-state index contributed by atoms with van der Waals surface area (Å²) in [5.74, 6) is 0. The van der Waals surface area contributed by atoms with Crippen molar-refractivity contribution < 1.29 is 0 Å². The van der Waals surface area contributed by atoms with Gasteiger partial charge in [-0.1, -0.05) is 96.9 Å². The molecule has 0 aliphatic rings. The van der Waals surface area contributed by atoms with Gasteiger partial charge in [0.2, 0.25) is 0 Å². The van der Waals surface area contributed by atoms with Gasteiger partial charge in [-0.15, -0.1) is 0 Å². The maximum atomic E-state index is 4.74. The van der Waals surface area contributed by atoms with Gasteiger partial charge in [-0.05, 0) is 34.2 Å². The molecule has 0 spiro atoms. The summed E-state index contributed by atoms with van der Waals surface area (Å²) in [6, 6.07) is 23.6. The molecule has 1 heterocycles. The highest BCUT2D eigenvalue weighted by Gasteiger charge is 2.12. The van der Waals surface area contributed by atoms with E-state index >= 15 is 0 Å². The third-order valence-corrected chi connectivity index (χ3v) is 5.06. The van der Waals surface area contributed by atoms with Crippen LogP contribution in [0.1, 0.15) is 27.7 Å². The molecule has 1 unspecified atom stereocenters. The van der Waals surface area contributed by atoms with E-state index in [9.17, 15) is 0 Å². The average molecular weight is 361 g/mol. The predicted octanol–water partition coefficient (Wildman–Crippen LogP) is 7.04. The smallest absolute Gasteiger partial charge is 0.0792 e. The first-order chi connectivity index (χ1) is 12.9.